The van der Waals surface area contributed by atoms with Gasteiger partial charge in [0.1, 0.15) is 5.52 Å². The molecule has 0 aliphatic rings. The number of hydrogen-bond acceptors (Lipinski definition) is 4. The molecular formula is C22H28ClN3O2. The second kappa shape index (κ2) is 8.50. The Morgan fingerprint density at radius 2 is 1.93 bits per heavy atom. The van der Waals surface area contributed by atoms with Gasteiger partial charge < -0.3 is 14.0 Å². The van der Waals surface area contributed by atoms with Crippen LogP contribution < -0.4 is 4.74 Å². The first-order valence-corrected chi connectivity index (χ1v) is 10.0. The first-order valence-electron chi connectivity index (χ1n) is 9.63. The second-order valence-electron chi connectivity index (χ2n) is 7.37. The van der Waals surface area contributed by atoms with Crippen molar-refractivity contribution in [3.63, 3.8) is 0 Å². The molecule has 0 bridgehead atoms. The van der Waals surface area contributed by atoms with E-state index >= 15 is 0 Å². The predicted molar refractivity (Wildman–Crippen MR) is 115 cm³/mol. The highest BCUT2D eigenvalue weighted by Gasteiger charge is 2.20. The second-order valence-corrected chi connectivity index (χ2v) is 7.78. The lowest BCUT2D eigenvalue weighted by Gasteiger charge is -2.18. The number of ether oxygens (including phenoxy) is 2. The maximum absolute atomic E-state index is 6.56. The molecule has 0 unspecified atom stereocenters. The van der Waals surface area contributed by atoms with Crippen LogP contribution in [0.1, 0.15) is 50.4 Å². The molecule has 6 heteroatoms. The van der Waals surface area contributed by atoms with E-state index in [1.165, 1.54) is 0 Å². The minimum atomic E-state index is 0.216. The van der Waals surface area contributed by atoms with Gasteiger partial charge in [-0.3, -0.25) is 0 Å². The van der Waals surface area contributed by atoms with E-state index in [0.717, 1.165) is 40.0 Å². The van der Waals surface area contributed by atoms with Crippen LogP contribution in [0.2, 0.25) is 5.02 Å². The van der Waals surface area contributed by atoms with Crippen LogP contribution in [0.15, 0.2) is 24.4 Å². The molecule has 0 aliphatic carbocycles. The molecule has 0 saturated heterocycles. The lowest BCUT2D eigenvalue weighted by atomic mass is 10.0. The van der Waals surface area contributed by atoms with Gasteiger partial charge in [-0.05, 0) is 43.0 Å². The number of halogens is 1. The zero-order valence-corrected chi connectivity index (χ0v) is 18.2. The molecule has 0 fully saturated rings. The quantitative estimate of drug-likeness (QED) is 0.502. The highest BCUT2D eigenvalue weighted by molar-refractivity contribution is 6.35. The Balaban J connectivity index is 2.17. The summed E-state index contributed by atoms with van der Waals surface area (Å²) in [5.74, 6) is 0.914. The summed E-state index contributed by atoms with van der Waals surface area (Å²) in [6.07, 6.45) is 2.90. The van der Waals surface area contributed by atoms with Crippen molar-refractivity contribution in [3.8, 4) is 17.1 Å². The average Bonchev–Trinajstić information content (AvgIpc) is 3.00. The Hall–Kier alpha value is -2.11. The highest BCUT2D eigenvalue weighted by atomic mass is 35.5. The smallest absolute Gasteiger partial charge is 0.222 e. The van der Waals surface area contributed by atoms with Crippen molar-refractivity contribution in [2.75, 3.05) is 20.8 Å². The fourth-order valence-electron chi connectivity index (χ4n) is 3.50. The van der Waals surface area contributed by atoms with E-state index in [2.05, 4.69) is 43.3 Å². The number of methoxy groups -OCH3 is 2. The maximum Gasteiger partial charge on any atom is 0.222 e. The van der Waals surface area contributed by atoms with E-state index in [4.69, 9.17) is 26.1 Å². The average molecular weight is 402 g/mol. The van der Waals surface area contributed by atoms with Crippen LogP contribution in [0, 0.1) is 6.92 Å². The number of aromatic nitrogens is 3. The summed E-state index contributed by atoms with van der Waals surface area (Å²) >= 11 is 6.56. The Bertz CT molecular complexity index is 982. The zero-order chi connectivity index (χ0) is 20.4. The van der Waals surface area contributed by atoms with Gasteiger partial charge in [-0.15, -0.1) is 0 Å². The number of aryl methyl sites for hydroxylation is 1. The lowest BCUT2D eigenvalue weighted by Crippen LogP contribution is -2.12. The van der Waals surface area contributed by atoms with Gasteiger partial charge in [0, 0.05) is 19.0 Å². The molecule has 0 radical (unpaired) electrons. The molecule has 0 N–H and O–H groups in total. The Labute approximate surface area is 171 Å². The molecule has 28 heavy (non-hydrogen) atoms. The molecule has 0 aliphatic heterocycles. The van der Waals surface area contributed by atoms with E-state index in [1.807, 2.05) is 18.3 Å². The number of hydrogen-bond donors (Lipinski definition) is 0. The van der Waals surface area contributed by atoms with E-state index in [1.54, 1.807) is 14.2 Å². The topological polar surface area (TPSA) is 49.2 Å². The normalized spacial score (nSPS) is 12.7. The van der Waals surface area contributed by atoms with E-state index in [0.29, 0.717) is 23.4 Å². The molecule has 3 aromatic heterocycles. The third-order valence-electron chi connectivity index (χ3n) is 5.10. The summed E-state index contributed by atoms with van der Waals surface area (Å²) in [6.45, 7) is 9.06. The van der Waals surface area contributed by atoms with Crippen molar-refractivity contribution in [1.29, 1.82) is 0 Å². The lowest BCUT2D eigenvalue weighted by molar-refractivity contribution is 0.155. The van der Waals surface area contributed by atoms with Crippen molar-refractivity contribution >= 4 is 22.6 Å². The molecule has 0 spiro atoms. The molecule has 3 rings (SSSR count). The molecule has 1 atom stereocenters. The minimum absolute atomic E-state index is 0.216. The van der Waals surface area contributed by atoms with Crippen molar-refractivity contribution in [2.45, 2.75) is 46.1 Å². The standard InChI is InChI=1S/C22H28ClN3O2/c1-7-15(12-27-5)26-11-17(23)21-19(26)10-14(4)20(25-21)16-8-9-18(13(2)3)24-22(16)28-6/h8-11,13,15H,7,12H2,1-6H3/t15-/m1/s1. The Morgan fingerprint density at radius 3 is 2.54 bits per heavy atom. The van der Waals surface area contributed by atoms with Crippen LogP contribution in [-0.2, 0) is 4.74 Å². The first kappa shape index (κ1) is 20.6. The number of nitrogens with zero attached hydrogens (tertiary/aromatic N) is 3. The van der Waals surface area contributed by atoms with E-state index in [-0.39, 0.29) is 6.04 Å². The first-order chi connectivity index (χ1) is 13.4. The fourth-order valence-corrected chi connectivity index (χ4v) is 3.74. The summed E-state index contributed by atoms with van der Waals surface area (Å²) in [4.78, 5) is 9.58. The van der Waals surface area contributed by atoms with Gasteiger partial charge in [0.25, 0.3) is 0 Å². The molecule has 3 aromatic rings. The molecule has 3 heterocycles. The molecule has 0 amide bonds. The third-order valence-corrected chi connectivity index (χ3v) is 5.37. The van der Waals surface area contributed by atoms with Crippen LogP contribution in [0.5, 0.6) is 5.88 Å². The minimum Gasteiger partial charge on any atom is -0.480 e. The number of rotatable bonds is 7. The summed E-state index contributed by atoms with van der Waals surface area (Å²) < 4.78 is 13.1. The van der Waals surface area contributed by atoms with Crippen molar-refractivity contribution in [3.05, 3.63) is 40.7 Å². The largest absolute Gasteiger partial charge is 0.480 e. The Kier molecular flexibility index (Phi) is 6.26. The predicted octanol–water partition coefficient (Wildman–Crippen LogP) is 5.79. The van der Waals surface area contributed by atoms with Crippen molar-refractivity contribution in [1.82, 2.24) is 14.5 Å². The number of pyridine rings is 2. The molecule has 0 saturated carbocycles. The third kappa shape index (κ3) is 3.74. The number of fused-ring (bicyclic) bond motifs is 1. The van der Waals surface area contributed by atoms with E-state index < -0.39 is 0 Å². The van der Waals surface area contributed by atoms with E-state index in [9.17, 15) is 0 Å². The van der Waals surface area contributed by atoms with Crippen LogP contribution in [-0.4, -0.2) is 35.4 Å². The van der Waals surface area contributed by atoms with Crippen LogP contribution in [0.4, 0.5) is 0 Å². The van der Waals surface area contributed by atoms with Gasteiger partial charge in [0.15, 0.2) is 0 Å². The molecular weight excluding hydrogens is 374 g/mol. The van der Waals surface area contributed by atoms with Gasteiger partial charge in [-0.2, -0.15) is 0 Å². The van der Waals surface area contributed by atoms with Crippen LogP contribution in [0.3, 0.4) is 0 Å². The summed E-state index contributed by atoms with van der Waals surface area (Å²) in [5.41, 5.74) is 5.56. The zero-order valence-electron chi connectivity index (χ0n) is 17.4. The van der Waals surface area contributed by atoms with Crippen LogP contribution in [0.25, 0.3) is 22.3 Å². The summed E-state index contributed by atoms with van der Waals surface area (Å²) in [5, 5.41) is 0.636. The monoisotopic (exact) mass is 401 g/mol. The summed E-state index contributed by atoms with van der Waals surface area (Å²) in [7, 11) is 3.36. The van der Waals surface area contributed by atoms with Gasteiger partial charge in [-0.25, -0.2) is 9.97 Å². The maximum atomic E-state index is 6.56. The van der Waals surface area contributed by atoms with Gasteiger partial charge in [-0.1, -0.05) is 32.4 Å². The molecule has 150 valence electrons. The SMILES string of the molecule is CC[C@H](COC)n1cc(Cl)c2nc(-c3ccc(C(C)C)nc3OC)c(C)cc21. The Morgan fingerprint density at radius 1 is 1.18 bits per heavy atom. The summed E-state index contributed by atoms with van der Waals surface area (Å²) in [6, 6.07) is 6.42. The molecule has 5 nitrogen and oxygen atoms in total. The highest BCUT2D eigenvalue weighted by Crippen LogP contribution is 2.36. The fraction of sp³-hybridized carbons (Fsp3) is 0.455. The van der Waals surface area contributed by atoms with Gasteiger partial charge in [0.2, 0.25) is 5.88 Å². The van der Waals surface area contributed by atoms with Gasteiger partial charge in [0.05, 0.1) is 41.6 Å². The van der Waals surface area contributed by atoms with Gasteiger partial charge >= 0.3 is 0 Å². The van der Waals surface area contributed by atoms with Crippen molar-refractivity contribution in [2.24, 2.45) is 0 Å². The van der Waals surface area contributed by atoms with Crippen molar-refractivity contribution < 1.29 is 9.47 Å². The van der Waals surface area contributed by atoms with Crippen LogP contribution >= 0.6 is 11.6 Å². The molecule has 0 aromatic carbocycles.